The van der Waals surface area contributed by atoms with Crippen LogP contribution >= 0.6 is 0 Å². The fourth-order valence-electron chi connectivity index (χ4n) is 3.19. The number of hydrogen-bond donors (Lipinski definition) is 0. The molecule has 0 unspecified atom stereocenters. The zero-order valence-electron chi connectivity index (χ0n) is 15.4. The van der Waals surface area contributed by atoms with Crippen LogP contribution in [0.15, 0.2) is 42.3 Å². The SMILES string of the molecule is C=C1C(=O)CCC/C(c2c(C)cc([Si](C)(C)C)cc2C)=C\C=C1F. The zero-order valence-corrected chi connectivity index (χ0v) is 16.4. The first-order valence-corrected chi connectivity index (χ1v) is 12.0. The highest BCUT2D eigenvalue weighted by Crippen LogP contribution is 2.30. The Morgan fingerprint density at radius 3 is 2.17 bits per heavy atom. The van der Waals surface area contributed by atoms with Crippen molar-refractivity contribution in [2.75, 3.05) is 0 Å². The average Bonchev–Trinajstić information content (AvgIpc) is 2.53. The number of ketones is 1. The monoisotopic (exact) mass is 342 g/mol. The van der Waals surface area contributed by atoms with E-state index in [1.54, 1.807) is 0 Å². The molecular formula is C21H27FOSi. The Bertz CT molecular complexity index is 725. The van der Waals surface area contributed by atoms with Crippen molar-refractivity contribution in [2.45, 2.75) is 52.8 Å². The minimum atomic E-state index is -1.37. The van der Waals surface area contributed by atoms with E-state index in [0.29, 0.717) is 6.42 Å². The second-order valence-corrected chi connectivity index (χ2v) is 12.8. The number of carbonyl (C=O) groups is 1. The van der Waals surface area contributed by atoms with E-state index >= 15 is 0 Å². The third-order valence-corrected chi connectivity index (χ3v) is 6.65. The Morgan fingerprint density at radius 2 is 1.62 bits per heavy atom. The molecule has 0 aliphatic heterocycles. The van der Waals surface area contributed by atoms with Crippen molar-refractivity contribution in [3.63, 3.8) is 0 Å². The fourth-order valence-corrected chi connectivity index (χ4v) is 4.49. The number of rotatable bonds is 2. The summed E-state index contributed by atoms with van der Waals surface area (Å²) in [6.45, 7) is 14.9. The predicted octanol–water partition coefficient (Wildman–Crippen LogP) is 5.39. The Kier molecular flexibility index (Phi) is 5.44. The molecule has 0 heterocycles. The molecule has 0 radical (unpaired) electrons. The summed E-state index contributed by atoms with van der Waals surface area (Å²) < 4.78 is 14.1. The molecular weight excluding hydrogens is 315 g/mol. The number of carbonyl (C=O) groups excluding carboxylic acids is 1. The lowest BCUT2D eigenvalue weighted by molar-refractivity contribution is -0.115. The van der Waals surface area contributed by atoms with E-state index in [-0.39, 0.29) is 11.4 Å². The van der Waals surface area contributed by atoms with Gasteiger partial charge in [-0.15, -0.1) is 0 Å². The molecule has 1 aliphatic carbocycles. The molecule has 128 valence electrons. The van der Waals surface area contributed by atoms with E-state index < -0.39 is 13.9 Å². The summed E-state index contributed by atoms with van der Waals surface area (Å²) >= 11 is 0. The molecule has 0 spiro atoms. The Labute approximate surface area is 146 Å². The van der Waals surface area contributed by atoms with Crippen LogP contribution in [0.4, 0.5) is 4.39 Å². The van der Waals surface area contributed by atoms with E-state index in [1.807, 2.05) is 6.08 Å². The Balaban J connectivity index is 2.50. The molecule has 1 aromatic carbocycles. The third kappa shape index (κ3) is 4.01. The van der Waals surface area contributed by atoms with Crippen molar-refractivity contribution in [3.8, 4) is 0 Å². The van der Waals surface area contributed by atoms with E-state index in [1.165, 1.54) is 28.0 Å². The van der Waals surface area contributed by atoms with Crippen LogP contribution in [-0.2, 0) is 4.79 Å². The van der Waals surface area contributed by atoms with E-state index in [2.05, 4.69) is 52.2 Å². The average molecular weight is 343 g/mol. The second-order valence-electron chi connectivity index (χ2n) is 7.70. The zero-order chi connectivity index (χ0) is 18.1. The molecule has 0 bridgehead atoms. The first-order chi connectivity index (χ1) is 11.1. The molecule has 1 nitrogen and oxygen atoms in total. The lowest BCUT2D eigenvalue weighted by Crippen LogP contribution is -2.38. The number of halogens is 1. The summed E-state index contributed by atoms with van der Waals surface area (Å²) in [5.74, 6) is -0.714. The van der Waals surface area contributed by atoms with Crippen molar-refractivity contribution < 1.29 is 9.18 Å². The first-order valence-electron chi connectivity index (χ1n) is 8.52. The highest BCUT2D eigenvalue weighted by atomic mass is 28.3. The summed E-state index contributed by atoms with van der Waals surface area (Å²) in [6.07, 6.45) is 5.06. The van der Waals surface area contributed by atoms with Crippen molar-refractivity contribution in [1.29, 1.82) is 0 Å². The van der Waals surface area contributed by atoms with Gasteiger partial charge in [0.1, 0.15) is 5.83 Å². The summed E-state index contributed by atoms with van der Waals surface area (Å²) in [6, 6.07) is 4.57. The molecule has 0 atom stereocenters. The van der Waals surface area contributed by atoms with Gasteiger partial charge in [-0.05, 0) is 55.0 Å². The summed E-state index contributed by atoms with van der Waals surface area (Å²) in [5.41, 5.74) is 4.76. The van der Waals surface area contributed by atoms with Gasteiger partial charge >= 0.3 is 0 Å². The number of aryl methyl sites for hydroxylation is 2. The van der Waals surface area contributed by atoms with Gasteiger partial charge in [0, 0.05) is 12.0 Å². The molecule has 0 amide bonds. The van der Waals surface area contributed by atoms with Gasteiger partial charge in [0.25, 0.3) is 0 Å². The van der Waals surface area contributed by atoms with Gasteiger partial charge in [-0.3, -0.25) is 4.79 Å². The van der Waals surface area contributed by atoms with Gasteiger partial charge < -0.3 is 0 Å². The maximum Gasteiger partial charge on any atom is 0.165 e. The Hall–Kier alpha value is -1.74. The molecule has 1 aliphatic rings. The normalized spacial score (nSPS) is 19.1. The first kappa shape index (κ1) is 18.6. The maximum atomic E-state index is 14.1. The lowest BCUT2D eigenvalue weighted by Gasteiger charge is -2.22. The van der Waals surface area contributed by atoms with Gasteiger partial charge in [0.15, 0.2) is 5.78 Å². The molecule has 2 rings (SSSR count). The van der Waals surface area contributed by atoms with E-state index in [9.17, 15) is 9.18 Å². The smallest absolute Gasteiger partial charge is 0.165 e. The summed E-state index contributed by atoms with van der Waals surface area (Å²) in [5, 5.41) is 1.44. The summed E-state index contributed by atoms with van der Waals surface area (Å²) in [7, 11) is -1.37. The second kappa shape index (κ2) is 7.02. The lowest BCUT2D eigenvalue weighted by atomic mass is 9.92. The Morgan fingerprint density at radius 1 is 1.04 bits per heavy atom. The van der Waals surface area contributed by atoms with E-state index in [4.69, 9.17) is 0 Å². The molecule has 0 saturated heterocycles. The van der Waals surface area contributed by atoms with Gasteiger partial charge in [-0.25, -0.2) is 4.39 Å². The molecule has 0 N–H and O–H groups in total. The molecule has 0 fully saturated rings. The van der Waals surface area contributed by atoms with Crippen LogP contribution < -0.4 is 5.19 Å². The van der Waals surface area contributed by atoms with Crippen LogP contribution in [0.25, 0.3) is 5.57 Å². The number of allylic oxidation sites excluding steroid dienone is 5. The third-order valence-electron chi connectivity index (χ3n) is 4.63. The highest BCUT2D eigenvalue weighted by Gasteiger charge is 2.20. The van der Waals surface area contributed by atoms with Crippen molar-refractivity contribution >= 4 is 24.6 Å². The molecule has 0 aromatic heterocycles. The van der Waals surface area contributed by atoms with Crippen molar-refractivity contribution in [2.24, 2.45) is 0 Å². The minimum absolute atomic E-state index is 0.00461. The maximum absolute atomic E-state index is 14.1. The molecule has 24 heavy (non-hydrogen) atoms. The highest BCUT2D eigenvalue weighted by molar-refractivity contribution is 6.88. The van der Waals surface area contributed by atoms with Crippen molar-refractivity contribution in [1.82, 2.24) is 0 Å². The minimum Gasteiger partial charge on any atom is -0.294 e. The largest absolute Gasteiger partial charge is 0.294 e. The molecule has 0 saturated carbocycles. The standard InChI is InChI=1S/C21H27FOSi/c1-14-12-18(24(4,5)6)13-15(2)21(14)17-8-7-9-20(23)16(3)19(22)11-10-17/h10-13H,3,7-9H2,1-2,4-6H3/b17-10+,19-11?. The van der Waals surface area contributed by atoms with Crippen LogP contribution in [0.3, 0.4) is 0 Å². The van der Waals surface area contributed by atoms with Gasteiger partial charge in [-0.1, -0.05) is 49.6 Å². The molecule has 1 aromatic rings. The quantitative estimate of drug-likeness (QED) is 0.520. The fraction of sp³-hybridized carbons (Fsp3) is 0.381. The van der Waals surface area contributed by atoms with Crippen LogP contribution in [0.1, 0.15) is 36.0 Å². The van der Waals surface area contributed by atoms with Gasteiger partial charge in [0.2, 0.25) is 0 Å². The van der Waals surface area contributed by atoms with Gasteiger partial charge in [0.05, 0.1) is 8.07 Å². The van der Waals surface area contributed by atoms with Crippen LogP contribution in [0, 0.1) is 13.8 Å². The topological polar surface area (TPSA) is 17.1 Å². The number of hydrogen-bond acceptors (Lipinski definition) is 1. The molecule has 3 heteroatoms. The van der Waals surface area contributed by atoms with E-state index in [0.717, 1.165) is 18.4 Å². The van der Waals surface area contributed by atoms with Crippen LogP contribution in [0.5, 0.6) is 0 Å². The summed E-state index contributed by atoms with van der Waals surface area (Å²) in [4.78, 5) is 11.9. The van der Waals surface area contributed by atoms with Crippen LogP contribution in [0.2, 0.25) is 19.6 Å². The predicted molar refractivity (Wildman–Crippen MR) is 104 cm³/mol. The number of benzene rings is 1. The van der Waals surface area contributed by atoms with Gasteiger partial charge in [-0.2, -0.15) is 0 Å². The number of Topliss-reactive ketones (excluding diaryl/α,β-unsaturated/α-hetero) is 1. The van der Waals surface area contributed by atoms with Crippen LogP contribution in [-0.4, -0.2) is 13.9 Å². The van der Waals surface area contributed by atoms with Crippen molar-refractivity contribution in [3.05, 3.63) is 59.0 Å².